The van der Waals surface area contributed by atoms with Gasteiger partial charge in [-0.05, 0) is 42.0 Å². The number of benzene rings is 3. The summed E-state index contributed by atoms with van der Waals surface area (Å²) < 4.78 is 16.1. The molecule has 1 aromatic heterocycles. The van der Waals surface area contributed by atoms with Crippen molar-refractivity contribution in [2.45, 2.75) is 6.54 Å². The number of carboxylic acids is 1. The molecule has 1 N–H and O–H groups in total. The number of rotatable bonds is 5. The van der Waals surface area contributed by atoms with Gasteiger partial charge in [-0.1, -0.05) is 48.0 Å². The van der Waals surface area contributed by atoms with Gasteiger partial charge in [0, 0.05) is 27.7 Å². The Hall–Kier alpha value is -3.88. The van der Waals surface area contributed by atoms with Crippen LogP contribution in [0.15, 0.2) is 72.9 Å². The van der Waals surface area contributed by atoms with E-state index in [-0.39, 0.29) is 11.4 Å². The van der Waals surface area contributed by atoms with Crippen LogP contribution in [0.5, 0.6) is 0 Å². The molecule has 6 heteroatoms. The normalized spacial score (nSPS) is 11.5. The van der Waals surface area contributed by atoms with E-state index >= 15 is 0 Å². The fraction of sp³-hybridized carbons (Fsp3) is 0.0400. The minimum absolute atomic E-state index is 0.150. The van der Waals surface area contributed by atoms with Crippen LogP contribution in [0.3, 0.4) is 0 Å². The molecule has 0 aliphatic carbocycles. The molecule has 3 aromatic carbocycles. The summed E-state index contributed by atoms with van der Waals surface area (Å²) in [6.07, 6.45) is 3.60. The second-order valence-corrected chi connectivity index (χ2v) is 7.45. The second kappa shape index (κ2) is 8.47. The van der Waals surface area contributed by atoms with Crippen LogP contribution in [0.2, 0.25) is 5.02 Å². The molecule has 0 atom stereocenters. The molecule has 1 heterocycles. The summed E-state index contributed by atoms with van der Waals surface area (Å²) in [5.41, 5.74) is 3.28. The third-order valence-corrected chi connectivity index (χ3v) is 5.27. The highest BCUT2D eigenvalue weighted by atomic mass is 35.5. The predicted octanol–water partition coefficient (Wildman–Crippen LogP) is 6.24. The number of aromatic nitrogens is 1. The summed E-state index contributed by atoms with van der Waals surface area (Å²) in [4.78, 5) is 11.1. The van der Waals surface area contributed by atoms with E-state index < -0.39 is 5.97 Å². The number of hydrogen-bond acceptors (Lipinski definition) is 2. The van der Waals surface area contributed by atoms with E-state index in [1.165, 1.54) is 18.2 Å². The molecule has 0 fully saturated rings. The number of nitrogens with zero attached hydrogens (tertiary/aromatic N) is 2. The van der Waals surface area contributed by atoms with Crippen LogP contribution in [0.1, 0.15) is 27.0 Å². The van der Waals surface area contributed by atoms with Crippen molar-refractivity contribution in [1.29, 1.82) is 5.26 Å². The zero-order valence-electron chi connectivity index (χ0n) is 16.2. The Morgan fingerprint density at radius 2 is 1.81 bits per heavy atom. The van der Waals surface area contributed by atoms with Crippen molar-refractivity contribution in [3.8, 4) is 6.07 Å². The SMILES string of the molecule is N#C/C(=C\c1cn(Cc2ccccc2F)c2cc(Cl)ccc12)c1ccc(C(=O)O)cc1. The second-order valence-electron chi connectivity index (χ2n) is 7.02. The van der Waals surface area contributed by atoms with Crippen LogP contribution in [-0.4, -0.2) is 15.6 Å². The van der Waals surface area contributed by atoms with Gasteiger partial charge in [0.1, 0.15) is 5.82 Å². The smallest absolute Gasteiger partial charge is 0.335 e. The van der Waals surface area contributed by atoms with Crippen molar-refractivity contribution in [3.05, 3.63) is 106 Å². The summed E-state index contributed by atoms with van der Waals surface area (Å²) in [5, 5.41) is 20.2. The summed E-state index contributed by atoms with van der Waals surface area (Å²) in [5.74, 6) is -1.32. The van der Waals surface area contributed by atoms with Gasteiger partial charge >= 0.3 is 5.97 Å². The fourth-order valence-electron chi connectivity index (χ4n) is 3.48. The number of aromatic carboxylic acids is 1. The molecule has 31 heavy (non-hydrogen) atoms. The van der Waals surface area contributed by atoms with E-state index in [2.05, 4.69) is 6.07 Å². The molecule has 4 aromatic rings. The molecule has 0 radical (unpaired) electrons. The van der Waals surface area contributed by atoms with Crippen LogP contribution < -0.4 is 0 Å². The average Bonchev–Trinajstić information content (AvgIpc) is 3.10. The Morgan fingerprint density at radius 1 is 1.10 bits per heavy atom. The molecule has 0 amide bonds. The van der Waals surface area contributed by atoms with Crippen LogP contribution in [0, 0.1) is 17.1 Å². The third-order valence-electron chi connectivity index (χ3n) is 5.04. The van der Waals surface area contributed by atoms with Crippen LogP contribution >= 0.6 is 11.6 Å². The Labute approximate surface area is 183 Å². The molecule has 0 aliphatic rings. The number of halogens is 2. The zero-order valence-corrected chi connectivity index (χ0v) is 17.0. The molecular weight excluding hydrogens is 415 g/mol. The van der Waals surface area contributed by atoms with Crippen molar-refractivity contribution in [2.75, 3.05) is 0 Å². The first-order chi connectivity index (χ1) is 15.0. The maximum Gasteiger partial charge on any atom is 0.335 e. The Morgan fingerprint density at radius 3 is 2.48 bits per heavy atom. The highest BCUT2D eigenvalue weighted by Crippen LogP contribution is 2.29. The monoisotopic (exact) mass is 430 g/mol. The van der Waals surface area contributed by atoms with Crippen LogP contribution in [0.4, 0.5) is 4.39 Å². The number of allylic oxidation sites excluding steroid dienone is 1. The summed E-state index contributed by atoms with van der Waals surface area (Å²) in [6, 6.07) is 20.3. The van der Waals surface area contributed by atoms with Crippen molar-refractivity contribution < 1.29 is 14.3 Å². The topological polar surface area (TPSA) is 66.0 Å². The van der Waals surface area contributed by atoms with Gasteiger partial charge in [-0.25, -0.2) is 9.18 Å². The molecule has 0 bridgehead atoms. The maximum absolute atomic E-state index is 14.2. The lowest BCUT2D eigenvalue weighted by atomic mass is 10.0. The highest BCUT2D eigenvalue weighted by Gasteiger charge is 2.12. The lowest BCUT2D eigenvalue weighted by molar-refractivity contribution is 0.0697. The van der Waals surface area contributed by atoms with Gasteiger partial charge in [0.2, 0.25) is 0 Å². The largest absolute Gasteiger partial charge is 0.478 e. The first kappa shape index (κ1) is 20.4. The van der Waals surface area contributed by atoms with E-state index in [0.717, 1.165) is 16.5 Å². The van der Waals surface area contributed by atoms with Crippen LogP contribution in [-0.2, 0) is 6.54 Å². The standard InChI is InChI=1S/C25H16ClFN2O2/c26-21-9-10-22-20(11-19(13-28)16-5-7-17(8-6-16)25(30)31)15-29(24(22)12-21)14-18-3-1-2-4-23(18)27/h1-12,15H,14H2,(H,30,31)/b19-11+. The average molecular weight is 431 g/mol. The number of fused-ring (bicyclic) bond motifs is 1. The lowest BCUT2D eigenvalue weighted by Gasteiger charge is -2.06. The number of carboxylic acid groups (broad SMARTS) is 1. The number of hydrogen-bond donors (Lipinski definition) is 1. The van der Waals surface area contributed by atoms with E-state index in [1.807, 2.05) is 22.9 Å². The third kappa shape index (κ3) is 4.20. The maximum atomic E-state index is 14.2. The summed E-state index contributed by atoms with van der Waals surface area (Å²) >= 11 is 6.20. The van der Waals surface area contributed by atoms with Crippen molar-refractivity contribution in [1.82, 2.24) is 4.57 Å². The van der Waals surface area contributed by atoms with Gasteiger partial charge in [0.25, 0.3) is 0 Å². The summed E-state index contributed by atoms with van der Waals surface area (Å²) in [6.45, 7) is 0.312. The fourth-order valence-corrected chi connectivity index (χ4v) is 3.64. The number of nitriles is 1. The molecule has 152 valence electrons. The molecule has 4 nitrogen and oxygen atoms in total. The Kier molecular flexibility index (Phi) is 5.57. The van der Waals surface area contributed by atoms with Crippen LogP contribution in [0.25, 0.3) is 22.6 Å². The van der Waals surface area contributed by atoms with E-state index in [0.29, 0.717) is 28.3 Å². The predicted molar refractivity (Wildman–Crippen MR) is 119 cm³/mol. The van der Waals surface area contributed by atoms with Gasteiger partial charge in [-0.15, -0.1) is 0 Å². The molecule has 0 saturated heterocycles. The first-order valence-electron chi connectivity index (χ1n) is 9.43. The minimum atomic E-state index is -1.03. The molecular formula is C25H16ClFN2O2. The first-order valence-corrected chi connectivity index (χ1v) is 9.81. The lowest BCUT2D eigenvalue weighted by Crippen LogP contribution is -2.00. The van der Waals surface area contributed by atoms with Crippen molar-refractivity contribution >= 4 is 40.1 Å². The molecule has 0 unspecified atom stereocenters. The number of carbonyl (C=O) groups is 1. The zero-order chi connectivity index (χ0) is 22.0. The quantitative estimate of drug-likeness (QED) is 0.381. The molecule has 0 spiro atoms. The summed E-state index contributed by atoms with van der Waals surface area (Å²) in [7, 11) is 0. The van der Waals surface area contributed by atoms with Gasteiger partial charge < -0.3 is 9.67 Å². The van der Waals surface area contributed by atoms with E-state index in [1.54, 1.807) is 42.5 Å². The van der Waals surface area contributed by atoms with Gasteiger partial charge in [0.15, 0.2) is 0 Å². The Bertz CT molecular complexity index is 1360. The molecule has 0 aliphatic heterocycles. The van der Waals surface area contributed by atoms with Crippen molar-refractivity contribution in [2.24, 2.45) is 0 Å². The van der Waals surface area contributed by atoms with E-state index in [9.17, 15) is 14.4 Å². The van der Waals surface area contributed by atoms with Gasteiger partial charge in [-0.2, -0.15) is 5.26 Å². The van der Waals surface area contributed by atoms with Crippen molar-refractivity contribution in [3.63, 3.8) is 0 Å². The molecule has 4 rings (SSSR count). The highest BCUT2D eigenvalue weighted by molar-refractivity contribution is 6.31. The Balaban J connectivity index is 1.80. The molecule has 0 saturated carbocycles. The van der Waals surface area contributed by atoms with Gasteiger partial charge in [-0.3, -0.25) is 0 Å². The van der Waals surface area contributed by atoms with Gasteiger partial charge in [0.05, 0.1) is 29.3 Å². The minimum Gasteiger partial charge on any atom is -0.478 e. The van der Waals surface area contributed by atoms with E-state index in [4.69, 9.17) is 16.7 Å².